The Balaban J connectivity index is 2.04. The lowest BCUT2D eigenvalue weighted by Crippen LogP contribution is -2.26. The van der Waals surface area contributed by atoms with Crippen LogP contribution in [0.1, 0.15) is 34.0 Å². The molecule has 3 aromatic rings. The maximum atomic E-state index is 12.7. The molecule has 2 aromatic carbocycles. The molecule has 0 saturated carbocycles. The van der Waals surface area contributed by atoms with Crippen LogP contribution in [0.25, 0.3) is 5.69 Å². The second-order valence-electron chi connectivity index (χ2n) is 7.40. The first-order chi connectivity index (χ1) is 15.9. The summed E-state index contributed by atoms with van der Waals surface area (Å²) < 4.78 is 23.7. The average molecular weight is 452 g/mol. The summed E-state index contributed by atoms with van der Waals surface area (Å²) in [5, 5.41) is 12.6. The second kappa shape index (κ2) is 8.78. The second-order valence-corrected chi connectivity index (χ2v) is 7.40. The first-order valence-corrected chi connectivity index (χ1v) is 10.1. The number of methoxy groups -OCH3 is 4. The number of rotatable bonds is 7. The van der Waals surface area contributed by atoms with Crippen LogP contribution >= 0.6 is 0 Å². The number of hydrogen-bond acceptors (Lipinski definition) is 6. The van der Waals surface area contributed by atoms with Gasteiger partial charge in [-0.15, -0.1) is 0 Å². The zero-order valence-electron chi connectivity index (χ0n) is 18.7. The Morgan fingerprint density at radius 3 is 2.42 bits per heavy atom. The van der Waals surface area contributed by atoms with E-state index in [0.717, 1.165) is 0 Å². The number of anilines is 1. The van der Waals surface area contributed by atoms with E-state index in [0.29, 0.717) is 39.9 Å². The number of nitrogens with one attached hydrogen (secondary N) is 1. The van der Waals surface area contributed by atoms with Crippen LogP contribution in [0.15, 0.2) is 42.6 Å². The molecule has 0 bridgehead atoms. The number of aromatic nitrogens is 1. The fraction of sp³-hybridized carbons (Fsp3) is 0.250. The number of carboxylic acids is 1. The van der Waals surface area contributed by atoms with Crippen LogP contribution in [-0.4, -0.2) is 50.0 Å². The number of carbonyl (C=O) groups is 2. The number of hydrogen-bond donors (Lipinski definition) is 2. The molecule has 9 nitrogen and oxygen atoms in total. The van der Waals surface area contributed by atoms with E-state index in [-0.39, 0.29) is 23.6 Å². The Morgan fingerprint density at radius 2 is 1.79 bits per heavy atom. The van der Waals surface area contributed by atoms with Gasteiger partial charge in [0.1, 0.15) is 17.1 Å². The van der Waals surface area contributed by atoms with Crippen LogP contribution in [-0.2, 0) is 4.79 Å². The number of benzene rings is 2. The van der Waals surface area contributed by atoms with Crippen LogP contribution < -0.4 is 24.3 Å². The lowest BCUT2D eigenvalue weighted by molar-refractivity contribution is -0.116. The molecule has 1 amide bonds. The Morgan fingerprint density at radius 1 is 1.03 bits per heavy atom. The molecule has 0 spiro atoms. The number of aromatic carboxylic acids is 1. The number of carboxylic acid groups (broad SMARTS) is 1. The molecule has 1 aliphatic heterocycles. The van der Waals surface area contributed by atoms with Gasteiger partial charge in [-0.05, 0) is 18.2 Å². The minimum absolute atomic E-state index is 0.0326. The topological polar surface area (TPSA) is 108 Å². The van der Waals surface area contributed by atoms with Crippen LogP contribution in [0.3, 0.4) is 0 Å². The number of amides is 1. The average Bonchev–Trinajstić information content (AvgIpc) is 3.21. The number of ether oxygens (including phenoxy) is 4. The van der Waals surface area contributed by atoms with E-state index in [9.17, 15) is 14.7 Å². The van der Waals surface area contributed by atoms with Gasteiger partial charge in [-0.2, -0.15) is 0 Å². The van der Waals surface area contributed by atoms with Gasteiger partial charge in [-0.25, -0.2) is 4.79 Å². The van der Waals surface area contributed by atoms with Gasteiger partial charge in [0, 0.05) is 30.2 Å². The molecule has 2 heterocycles. The SMILES string of the molecule is COc1ccc(OC)c(-n2cc(C(=O)O)c3c2[C@H](c2cccc(OC)c2OC)CC(=O)N3)c1. The van der Waals surface area contributed by atoms with Crippen molar-refractivity contribution in [1.82, 2.24) is 4.57 Å². The first kappa shape index (κ1) is 22.1. The molecule has 33 heavy (non-hydrogen) atoms. The van der Waals surface area contributed by atoms with Crippen LogP contribution in [0.2, 0.25) is 0 Å². The van der Waals surface area contributed by atoms with Crippen LogP contribution in [0, 0.1) is 0 Å². The van der Waals surface area contributed by atoms with E-state index in [1.807, 2.05) is 6.07 Å². The highest BCUT2D eigenvalue weighted by molar-refractivity contribution is 6.04. The van der Waals surface area contributed by atoms with Crippen molar-refractivity contribution in [2.45, 2.75) is 12.3 Å². The Hall–Kier alpha value is -4.14. The van der Waals surface area contributed by atoms with Crippen molar-refractivity contribution in [2.24, 2.45) is 0 Å². The largest absolute Gasteiger partial charge is 0.497 e. The van der Waals surface area contributed by atoms with E-state index in [1.54, 1.807) is 42.0 Å². The molecule has 0 radical (unpaired) electrons. The zero-order valence-corrected chi connectivity index (χ0v) is 18.7. The number of fused-ring (bicyclic) bond motifs is 1. The van der Waals surface area contributed by atoms with Crippen molar-refractivity contribution in [3.63, 3.8) is 0 Å². The highest BCUT2D eigenvalue weighted by Crippen LogP contribution is 2.47. The van der Waals surface area contributed by atoms with Crippen molar-refractivity contribution in [3.05, 3.63) is 59.4 Å². The van der Waals surface area contributed by atoms with E-state index in [4.69, 9.17) is 18.9 Å². The molecular weight excluding hydrogens is 428 g/mol. The van der Waals surface area contributed by atoms with Gasteiger partial charge < -0.3 is 33.9 Å². The van der Waals surface area contributed by atoms with Crippen molar-refractivity contribution >= 4 is 17.6 Å². The van der Waals surface area contributed by atoms with E-state index < -0.39 is 11.9 Å². The van der Waals surface area contributed by atoms with Gasteiger partial charge in [0.05, 0.1) is 45.5 Å². The highest BCUT2D eigenvalue weighted by atomic mass is 16.5. The van der Waals surface area contributed by atoms with Crippen molar-refractivity contribution in [3.8, 4) is 28.7 Å². The molecule has 1 aromatic heterocycles. The maximum Gasteiger partial charge on any atom is 0.339 e. The molecule has 1 aliphatic rings. The smallest absolute Gasteiger partial charge is 0.339 e. The standard InChI is InChI=1S/C24H24N2O7/c1-30-13-8-9-18(31-2)17(10-13)26-12-16(24(28)29)21-22(26)15(11-20(27)25-21)14-6-5-7-19(32-3)23(14)33-4/h5-10,12,15H,11H2,1-4H3,(H,25,27)(H,28,29)/t15-/m0/s1. The molecular formula is C24H24N2O7. The molecule has 1 atom stereocenters. The van der Waals surface area contributed by atoms with E-state index in [1.165, 1.54) is 27.5 Å². The van der Waals surface area contributed by atoms with Gasteiger partial charge >= 0.3 is 5.97 Å². The predicted molar refractivity (Wildman–Crippen MR) is 120 cm³/mol. The van der Waals surface area contributed by atoms with Gasteiger partial charge in [0.25, 0.3) is 0 Å². The monoisotopic (exact) mass is 452 g/mol. The summed E-state index contributed by atoms with van der Waals surface area (Å²) in [6.07, 6.45) is 1.57. The fourth-order valence-corrected chi connectivity index (χ4v) is 4.26. The third kappa shape index (κ3) is 3.71. The minimum atomic E-state index is -1.16. The number of para-hydroxylation sites is 1. The normalized spacial score (nSPS) is 14.8. The Labute approximate surface area is 190 Å². The lowest BCUT2D eigenvalue weighted by atomic mass is 9.87. The third-order valence-electron chi connectivity index (χ3n) is 5.71. The summed E-state index contributed by atoms with van der Waals surface area (Å²) in [4.78, 5) is 24.8. The summed E-state index contributed by atoms with van der Waals surface area (Å²) in [6, 6.07) is 10.7. The van der Waals surface area contributed by atoms with Gasteiger partial charge in [0.2, 0.25) is 5.91 Å². The highest BCUT2D eigenvalue weighted by Gasteiger charge is 2.36. The number of nitrogens with zero attached hydrogens (tertiary/aromatic N) is 1. The Bertz CT molecular complexity index is 1230. The first-order valence-electron chi connectivity index (χ1n) is 10.1. The molecule has 0 saturated heterocycles. The summed E-state index contributed by atoms with van der Waals surface area (Å²) in [6.45, 7) is 0. The summed E-state index contributed by atoms with van der Waals surface area (Å²) in [7, 11) is 6.14. The third-order valence-corrected chi connectivity index (χ3v) is 5.71. The van der Waals surface area contributed by atoms with Crippen molar-refractivity contribution in [1.29, 1.82) is 0 Å². The van der Waals surface area contributed by atoms with Crippen LogP contribution in [0.5, 0.6) is 23.0 Å². The molecule has 9 heteroatoms. The van der Waals surface area contributed by atoms with Gasteiger partial charge in [-0.1, -0.05) is 12.1 Å². The summed E-state index contributed by atoms with van der Waals surface area (Å²) in [5.74, 6) is 0.105. The minimum Gasteiger partial charge on any atom is -0.497 e. The number of carbonyl (C=O) groups excluding carboxylic acids is 1. The molecule has 4 rings (SSSR count). The summed E-state index contributed by atoms with van der Waals surface area (Å²) in [5.41, 5.74) is 2.06. The molecule has 0 aliphatic carbocycles. The summed E-state index contributed by atoms with van der Waals surface area (Å²) >= 11 is 0. The van der Waals surface area contributed by atoms with Crippen molar-refractivity contribution in [2.75, 3.05) is 33.8 Å². The zero-order chi connectivity index (χ0) is 23.7. The molecule has 2 N–H and O–H groups in total. The lowest BCUT2D eigenvalue weighted by Gasteiger charge is -2.28. The molecule has 0 fully saturated rings. The van der Waals surface area contributed by atoms with Crippen LogP contribution in [0.4, 0.5) is 5.69 Å². The van der Waals surface area contributed by atoms with Crippen molar-refractivity contribution < 1.29 is 33.6 Å². The Kier molecular flexibility index (Phi) is 5.87. The quantitative estimate of drug-likeness (QED) is 0.563. The molecule has 0 unspecified atom stereocenters. The van der Waals surface area contributed by atoms with E-state index >= 15 is 0 Å². The van der Waals surface area contributed by atoms with Gasteiger partial charge in [-0.3, -0.25) is 4.79 Å². The predicted octanol–water partition coefficient (Wildman–Crippen LogP) is 3.68. The van der Waals surface area contributed by atoms with Gasteiger partial charge in [0.15, 0.2) is 11.5 Å². The maximum absolute atomic E-state index is 12.7. The van der Waals surface area contributed by atoms with E-state index in [2.05, 4.69) is 5.32 Å². The fourth-order valence-electron chi connectivity index (χ4n) is 4.26. The molecule has 172 valence electrons.